The van der Waals surface area contributed by atoms with Gasteiger partial charge in [0.2, 0.25) is 0 Å². The van der Waals surface area contributed by atoms with Crippen molar-refractivity contribution in [3.63, 3.8) is 0 Å². The van der Waals surface area contributed by atoms with Crippen LogP contribution in [0.4, 0.5) is 0 Å². The minimum Gasteiger partial charge on any atom is -0.327 e. The van der Waals surface area contributed by atoms with Crippen LogP contribution < -0.4 is 4.90 Å². The number of sulfonamides is 1. The number of hydrogen-bond acceptors (Lipinski definition) is 3. The lowest BCUT2D eigenvalue weighted by Gasteiger charge is -2.34. The molecule has 0 aliphatic carbocycles. The summed E-state index contributed by atoms with van der Waals surface area (Å²) in [5, 5.41) is 0. The third kappa shape index (κ3) is 3.69. The van der Waals surface area contributed by atoms with E-state index in [2.05, 4.69) is 47.1 Å². The Morgan fingerprint density at radius 3 is 2.35 bits per heavy atom. The van der Waals surface area contributed by atoms with Crippen LogP contribution in [0.1, 0.15) is 18.5 Å². The topological polar surface area (TPSA) is 41.8 Å². The standard InChI is InChI=1S/C16H19BrN2O2S2/c1-13(14-5-3-2-4-6-14)18-9-11-19(12-10-18)23(20,21)16-8-7-15(17)22-16/h2-8,13H,9-12H2,1H3/p+1/t13-/m1/s1. The second-order valence-electron chi connectivity index (χ2n) is 5.75. The molecule has 0 spiro atoms. The van der Waals surface area contributed by atoms with Crippen molar-refractivity contribution in [2.24, 2.45) is 0 Å². The Labute approximate surface area is 149 Å². The van der Waals surface area contributed by atoms with Gasteiger partial charge in [0.15, 0.2) is 0 Å². The molecule has 1 saturated heterocycles. The summed E-state index contributed by atoms with van der Waals surface area (Å²) in [7, 11) is -3.35. The molecule has 1 aliphatic rings. The first-order valence-electron chi connectivity index (χ1n) is 7.63. The number of quaternary nitrogens is 1. The molecule has 0 saturated carbocycles. The summed E-state index contributed by atoms with van der Waals surface area (Å²) < 4.78 is 28.2. The first-order valence-corrected chi connectivity index (χ1v) is 10.7. The molecule has 0 amide bonds. The van der Waals surface area contributed by atoms with E-state index in [1.807, 2.05) is 6.07 Å². The maximum absolute atomic E-state index is 12.7. The van der Waals surface area contributed by atoms with Crippen LogP contribution >= 0.6 is 27.3 Å². The van der Waals surface area contributed by atoms with E-state index >= 15 is 0 Å². The van der Waals surface area contributed by atoms with Crippen molar-refractivity contribution in [3.05, 3.63) is 51.8 Å². The van der Waals surface area contributed by atoms with E-state index in [4.69, 9.17) is 0 Å². The van der Waals surface area contributed by atoms with Crippen LogP contribution in [0.2, 0.25) is 0 Å². The van der Waals surface area contributed by atoms with Gasteiger partial charge < -0.3 is 4.90 Å². The molecular formula is C16H20BrN2O2S2+. The number of piperazine rings is 1. The lowest BCUT2D eigenvalue weighted by atomic mass is 10.1. The molecule has 3 rings (SSSR count). The third-order valence-electron chi connectivity index (χ3n) is 4.42. The van der Waals surface area contributed by atoms with Crippen molar-refractivity contribution < 1.29 is 13.3 Å². The summed E-state index contributed by atoms with van der Waals surface area (Å²) in [4.78, 5) is 1.44. The second-order valence-corrected chi connectivity index (χ2v) is 10.4. The van der Waals surface area contributed by atoms with Gasteiger partial charge in [-0.15, -0.1) is 11.3 Å². The highest BCUT2D eigenvalue weighted by Gasteiger charge is 2.33. The highest BCUT2D eigenvalue weighted by Crippen LogP contribution is 2.28. The molecule has 0 bridgehead atoms. The minimum absolute atomic E-state index is 0.386. The first kappa shape index (κ1) is 17.1. The normalized spacial score (nSPS) is 18.9. The lowest BCUT2D eigenvalue weighted by molar-refractivity contribution is -0.933. The number of thiophene rings is 1. The highest BCUT2D eigenvalue weighted by molar-refractivity contribution is 9.11. The molecule has 1 atom stereocenters. The molecule has 1 fully saturated rings. The van der Waals surface area contributed by atoms with Gasteiger partial charge in [-0.05, 0) is 35.0 Å². The summed E-state index contributed by atoms with van der Waals surface area (Å²) in [6.45, 7) is 5.03. The largest absolute Gasteiger partial charge is 0.327 e. The van der Waals surface area contributed by atoms with Gasteiger partial charge >= 0.3 is 0 Å². The Morgan fingerprint density at radius 1 is 1.13 bits per heavy atom. The average molecular weight is 416 g/mol. The monoisotopic (exact) mass is 415 g/mol. The van der Waals surface area contributed by atoms with Gasteiger partial charge in [-0.2, -0.15) is 4.31 Å². The van der Waals surface area contributed by atoms with Gasteiger partial charge in [-0.1, -0.05) is 30.3 Å². The lowest BCUT2D eigenvalue weighted by Crippen LogP contribution is -3.14. The van der Waals surface area contributed by atoms with Gasteiger partial charge in [-0.25, -0.2) is 8.42 Å². The number of nitrogens with one attached hydrogen (secondary N) is 1. The molecule has 1 aromatic heterocycles. The van der Waals surface area contributed by atoms with Crippen LogP contribution in [-0.2, 0) is 10.0 Å². The van der Waals surface area contributed by atoms with Crippen LogP contribution in [0.15, 0.2) is 50.5 Å². The first-order chi connectivity index (χ1) is 11.0. The minimum atomic E-state index is -3.35. The Hall–Kier alpha value is -0.730. The second kappa shape index (κ2) is 7.03. The zero-order valence-corrected chi connectivity index (χ0v) is 16.1. The van der Waals surface area contributed by atoms with E-state index in [1.165, 1.54) is 21.8 Å². The molecule has 0 radical (unpaired) electrons. The molecule has 1 N–H and O–H groups in total. The third-order valence-corrected chi connectivity index (χ3v) is 8.41. The Bertz CT molecular complexity index is 753. The SMILES string of the molecule is C[C@H](c1ccccc1)[NH+]1CCN(S(=O)(=O)c2ccc(Br)s2)CC1. The van der Waals surface area contributed by atoms with Crippen molar-refractivity contribution in [1.29, 1.82) is 0 Å². The molecule has 4 nitrogen and oxygen atoms in total. The van der Waals surface area contributed by atoms with Crippen molar-refractivity contribution in [2.75, 3.05) is 26.2 Å². The molecule has 124 valence electrons. The van der Waals surface area contributed by atoms with Crippen molar-refractivity contribution in [3.8, 4) is 0 Å². The molecule has 7 heteroatoms. The molecule has 2 aromatic rings. The average Bonchev–Trinajstić information content (AvgIpc) is 3.02. The van der Waals surface area contributed by atoms with Crippen molar-refractivity contribution >= 4 is 37.3 Å². The number of hydrogen-bond donors (Lipinski definition) is 1. The molecule has 23 heavy (non-hydrogen) atoms. The van der Waals surface area contributed by atoms with Crippen LogP contribution in [-0.4, -0.2) is 38.9 Å². The van der Waals surface area contributed by atoms with Gasteiger partial charge in [0.1, 0.15) is 10.3 Å². The number of nitrogens with zero attached hydrogens (tertiary/aromatic N) is 1. The maximum Gasteiger partial charge on any atom is 0.252 e. The van der Waals surface area contributed by atoms with Gasteiger partial charge in [-0.3, -0.25) is 0 Å². The van der Waals surface area contributed by atoms with Crippen molar-refractivity contribution in [2.45, 2.75) is 17.2 Å². The van der Waals surface area contributed by atoms with Crippen LogP contribution in [0.25, 0.3) is 0 Å². The van der Waals surface area contributed by atoms with E-state index in [1.54, 1.807) is 16.4 Å². The Morgan fingerprint density at radius 2 is 1.78 bits per heavy atom. The molecule has 1 aromatic carbocycles. The number of halogens is 1. The quantitative estimate of drug-likeness (QED) is 0.830. The van der Waals surface area contributed by atoms with E-state index in [9.17, 15) is 8.42 Å². The summed E-state index contributed by atoms with van der Waals surface area (Å²) in [5.41, 5.74) is 1.31. The van der Waals surface area contributed by atoms with E-state index < -0.39 is 10.0 Å². The summed E-state index contributed by atoms with van der Waals surface area (Å²) >= 11 is 4.61. The van der Waals surface area contributed by atoms with E-state index in [0.717, 1.165) is 16.9 Å². The predicted molar refractivity (Wildman–Crippen MR) is 96.3 cm³/mol. The fourth-order valence-corrected chi connectivity index (χ4v) is 6.59. The van der Waals surface area contributed by atoms with Crippen LogP contribution in [0, 0.1) is 0 Å². The van der Waals surface area contributed by atoms with E-state index in [-0.39, 0.29) is 0 Å². The molecule has 1 aliphatic heterocycles. The van der Waals surface area contributed by atoms with Gasteiger partial charge in [0.25, 0.3) is 10.0 Å². The molecular weight excluding hydrogens is 396 g/mol. The number of rotatable bonds is 4. The van der Waals surface area contributed by atoms with E-state index in [0.29, 0.717) is 23.3 Å². The molecule has 2 heterocycles. The fourth-order valence-electron chi connectivity index (χ4n) is 2.99. The van der Waals surface area contributed by atoms with Gasteiger partial charge in [0, 0.05) is 5.56 Å². The molecule has 0 unspecified atom stereocenters. The zero-order chi connectivity index (χ0) is 16.4. The van der Waals surface area contributed by atoms with Crippen LogP contribution in [0.3, 0.4) is 0 Å². The maximum atomic E-state index is 12.7. The Kier molecular flexibility index (Phi) is 5.22. The summed E-state index contributed by atoms with van der Waals surface area (Å²) in [5.74, 6) is 0. The number of benzene rings is 1. The summed E-state index contributed by atoms with van der Waals surface area (Å²) in [6.07, 6.45) is 0. The zero-order valence-electron chi connectivity index (χ0n) is 12.9. The summed E-state index contributed by atoms with van der Waals surface area (Å²) in [6, 6.07) is 14.3. The van der Waals surface area contributed by atoms with Crippen LogP contribution in [0.5, 0.6) is 0 Å². The Balaban J connectivity index is 1.67. The smallest absolute Gasteiger partial charge is 0.252 e. The van der Waals surface area contributed by atoms with Gasteiger partial charge in [0.05, 0.1) is 30.0 Å². The predicted octanol–water partition coefficient (Wildman–Crippen LogP) is 2.16. The highest BCUT2D eigenvalue weighted by atomic mass is 79.9. The fraction of sp³-hybridized carbons (Fsp3) is 0.375. The van der Waals surface area contributed by atoms with Crippen molar-refractivity contribution in [1.82, 2.24) is 4.31 Å².